The molecule has 0 amide bonds. The summed E-state index contributed by atoms with van der Waals surface area (Å²) < 4.78 is 6.31. The molecule has 2 aromatic carbocycles. The first-order valence-electron chi connectivity index (χ1n) is 6.15. The molecule has 0 fully saturated rings. The second-order valence-electron chi connectivity index (χ2n) is 4.41. The molecule has 3 nitrogen and oxygen atoms in total. The van der Waals surface area contributed by atoms with Gasteiger partial charge in [-0.1, -0.05) is 46.3 Å². The SMILES string of the molecule is COc1c(-c2ccc(Br)cc2)c2ccccc2[nH]c1=O. The van der Waals surface area contributed by atoms with E-state index in [1.807, 2.05) is 48.5 Å². The maximum Gasteiger partial charge on any atom is 0.291 e. The van der Waals surface area contributed by atoms with Crippen LogP contribution in [0.15, 0.2) is 57.8 Å². The number of aromatic amines is 1. The molecule has 20 heavy (non-hydrogen) atoms. The fraction of sp³-hybridized carbons (Fsp3) is 0.0625. The highest BCUT2D eigenvalue weighted by Gasteiger charge is 2.14. The summed E-state index contributed by atoms with van der Waals surface area (Å²) in [5.41, 5.74) is 2.35. The zero-order valence-electron chi connectivity index (χ0n) is 10.8. The average Bonchev–Trinajstić information content (AvgIpc) is 2.47. The number of nitrogens with one attached hydrogen (secondary N) is 1. The highest BCUT2D eigenvalue weighted by Crippen LogP contribution is 2.33. The third kappa shape index (κ3) is 2.12. The molecule has 0 aliphatic heterocycles. The number of hydrogen-bond donors (Lipinski definition) is 1. The van der Waals surface area contributed by atoms with Gasteiger partial charge in [-0.15, -0.1) is 0 Å². The van der Waals surface area contributed by atoms with E-state index in [2.05, 4.69) is 20.9 Å². The summed E-state index contributed by atoms with van der Waals surface area (Å²) in [4.78, 5) is 15.0. The molecule has 1 aromatic heterocycles. The van der Waals surface area contributed by atoms with Crippen molar-refractivity contribution in [3.63, 3.8) is 0 Å². The predicted octanol–water partition coefficient (Wildman–Crippen LogP) is 3.97. The van der Waals surface area contributed by atoms with E-state index in [0.717, 1.165) is 26.5 Å². The molecular formula is C16H12BrNO2. The first-order chi connectivity index (χ1) is 9.70. The van der Waals surface area contributed by atoms with Gasteiger partial charge in [-0.25, -0.2) is 0 Å². The summed E-state index contributed by atoms with van der Waals surface area (Å²) in [6.07, 6.45) is 0. The Hall–Kier alpha value is -2.07. The monoisotopic (exact) mass is 329 g/mol. The van der Waals surface area contributed by atoms with E-state index < -0.39 is 0 Å². The van der Waals surface area contributed by atoms with Crippen molar-refractivity contribution < 1.29 is 4.74 Å². The van der Waals surface area contributed by atoms with Crippen molar-refractivity contribution in [2.45, 2.75) is 0 Å². The van der Waals surface area contributed by atoms with Crippen LogP contribution in [0.25, 0.3) is 22.0 Å². The van der Waals surface area contributed by atoms with Gasteiger partial charge in [0, 0.05) is 20.9 Å². The van der Waals surface area contributed by atoms with Crippen LogP contribution in [0.1, 0.15) is 0 Å². The van der Waals surface area contributed by atoms with Crippen molar-refractivity contribution in [2.75, 3.05) is 7.11 Å². The number of aromatic nitrogens is 1. The standard InChI is InChI=1S/C16H12BrNO2/c1-20-15-14(10-6-8-11(17)9-7-10)12-4-2-3-5-13(12)18-16(15)19/h2-9H,1H3,(H,18,19). The Morgan fingerprint density at radius 3 is 2.45 bits per heavy atom. The lowest BCUT2D eigenvalue weighted by atomic mass is 10.0. The van der Waals surface area contributed by atoms with Crippen LogP contribution in [-0.2, 0) is 0 Å². The third-order valence-electron chi connectivity index (χ3n) is 3.21. The number of methoxy groups -OCH3 is 1. The first-order valence-corrected chi connectivity index (χ1v) is 6.95. The van der Waals surface area contributed by atoms with E-state index in [1.54, 1.807) is 0 Å². The Labute approximate surface area is 124 Å². The fourth-order valence-electron chi connectivity index (χ4n) is 2.32. The van der Waals surface area contributed by atoms with Gasteiger partial charge in [0.05, 0.1) is 7.11 Å². The number of halogens is 1. The van der Waals surface area contributed by atoms with Crippen molar-refractivity contribution in [3.05, 3.63) is 63.4 Å². The molecule has 3 rings (SSSR count). The van der Waals surface area contributed by atoms with E-state index in [0.29, 0.717) is 5.75 Å². The number of para-hydroxylation sites is 1. The molecule has 0 aliphatic carbocycles. The third-order valence-corrected chi connectivity index (χ3v) is 3.74. The van der Waals surface area contributed by atoms with Crippen LogP contribution >= 0.6 is 15.9 Å². The number of rotatable bonds is 2. The van der Waals surface area contributed by atoms with E-state index in [-0.39, 0.29) is 5.56 Å². The second kappa shape index (κ2) is 5.13. The number of hydrogen-bond acceptors (Lipinski definition) is 2. The summed E-state index contributed by atoms with van der Waals surface area (Å²) in [6.45, 7) is 0. The average molecular weight is 330 g/mol. The molecule has 0 unspecified atom stereocenters. The van der Waals surface area contributed by atoms with Crippen molar-refractivity contribution in [3.8, 4) is 16.9 Å². The Morgan fingerprint density at radius 1 is 1.05 bits per heavy atom. The lowest BCUT2D eigenvalue weighted by molar-refractivity contribution is 0.411. The van der Waals surface area contributed by atoms with Crippen molar-refractivity contribution in [2.24, 2.45) is 0 Å². The minimum Gasteiger partial charge on any atom is -0.491 e. The van der Waals surface area contributed by atoms with E-state index in [1.165, 1.54) is 7.11 Å². The lowest BCUT2D eigenvalue weighted by Gasteiger charge is -2.11. The summed E-state index contributed by atoms with van der Waals surface area (Å²) in [6, 6.07) is 15.5. The Kier molecular flexibility index (Phi) is 3.32. The molecule has 3 aromatic rings. The minimum atomic E-state index is -0.218. The van der Waals surface area contributed by atoms with E-state index >= 15 is 0 Å². The van der Waals surface area contributed by atoms with Crippen LogP contribution < -0.4 is 10.3 Å². The van der Waals surface area contributed by atoms with Crippen LogP contribution in [0.3, 0.4) is 0 Å². The van der Waals surface area contributed by atoms with Gasteiger partial charge < -0.3 is 9.72 Å². The van der Waals surface area contributed by atoms with Crippen molar-refractivity contribution in [1.82, 2.24) is 4.98 Å². The molecule has 0 aliphatic rings. The Bertz CT molecular complexity index is 822. The number of fused-ring (bicyclic) bond motifs is 1. The van der Waals surface area contributed by atoms with Gasteiger partial charge in [-0.05, 0) is 23.8 Å². The fourth-order valence-corrected chi connectivity index (χ4v) is 2.59. The van der Waals surface area contributed by atoms with Gasteiger partial charge in [0.25, 0.3) is 5.56 Å². The molecule has 100 valence electrons. The highest BCUT2D eigenvalue weighted by molar-refractivity contribution is 9.10. The summed E-state index contributed by atoms with van der Waals surface area (Å²) >= 11 is 3.42. The number of ether oxygens (including phenoxy) is 1. The number of benzene rings is 2. The quantitative estimate of drug-likeness (QED) is 0.773. The molecule has 0 atom stereocenters. The Morgan fingerprint density at radius 2 is 1.75 bits per heavy atom. The second-order valence-corrected chi connectivity index (χ2v) is 5.33. The lowest BCUT2D eigenvalue weighted by Crippen LogP contribution is -2.11. The molecule has 4 heteroatoms. The Balaban J connectivity index is 2.42. The summed E-state index contributed by atoms with van der Waals surface area (Å²) in [5.74, 6) is 0.339. The molecule has 0 saturated heterocycles. The number of pyridine rings is 1. The maximum atomic E-state index is 12.1. The molecule has 1 N–H and O–H groups in total. The van der Waals surface area contributed by atoms with Crippen LogP contribution in [0.4, 0.5) is 0 Å². The van der Waals surface area contributed by atoms with Gasteiger partial charge in [0.15, 0.2) is 5.75 Å². The van der Waals surface area contributed by atoms with E-state index in [4.69, 9.17) is 4.74 Å². The number of H-pyrrole nitrogens is 1. The maximum absolute atomic E-state index is 12.1. The molecule has 0 bridgehead atoms. The topological polar surface area (TPSA) is 42.1 Å². The molecule has 1 heterocycles. The summed E-state index contributed by atoms with van der Waals surface area (Å²) in [5, 5.41) is 0.964. The normalized spacial score (nSPS) is 10.7. The van der Waals surface area contributed by atoms with Crippen LogP contribution in [0.2, 0.25) is 0 Å². The van der Waals surface area contributed by atoms with Gasteiger partial charge >= 0.3 is 0 Å². The van der Waals surface area contributed by atoms with Crippen molar-refractivity contribution in [1.29, 1.82) is 0 Å². The first kappa shape index (κ1) is 12.9. The van der Waals surface area contributed by atoms with Crippen LogP contribution in [-0.4, -0.2) is 12.1 Å². The molecular weight excluding hydrogens is 318 g/mol. The van der Waals surface area contributed by atoms with Gasteiger partial charge in [-0.2, -0.15) is 0 Å². The predicted molar refractivity (Wildman–Crippen MR) is 84.3 cm³/mol. The van der Waals surface area contributed by atoms with E-state index in [9.17, 15) is 4.79 Å². The van der Waals surface area contributed by atoms with Crippen molar-refractivity contribution >= 4 is 26.8 Å². The zero-order valence-corrected chi connectivity index (χ0v) is 12.4. The molecule has 0 saturated carbocycles. The minimum absolute atomic E-state index is 0.218. The zero-order chi connectivity index (χ0) is 14.1. The smallest absolute Gasteiger partial charge is 0.291 e. The summed E-state index contributed by atoms with van der Waals surface area (Å²) in [7, 11) is 1.52. The largest absolute Gasteiger partial charge is 0.491 e. The van der Waals surface area contributed by atoms with Gasteiger partial charge in [-0.3, -0.25) is 4.79 Å². The molecule has 0 radical (unpaired) electrons. The van der Waals surface area contributed by atoms with Gasteiger partial charge in [0.2, 0.25) is 0 Å². The highest BCUT2D eigenvalue weighted by atomic mass is 79.9. The van der Waals surface area contributed by atoms with Gasteiger partial charge in [0.1, 0.15) is 0 Å². The molecule has 0 spiro atoms. The van der Waals surface area contributed by atoms with Crippen LogP contribution in [0, 0.1) is 0 Å². The van der Waals surface area contributed by atoms with Crippen LogP contribution in [0.5, 0.6) is 5.75 Å².